The second kappa shape index (κ2) is 54.9. The van der Waals surface area contributed by atoms with E-state index < -0.39 is 54.9 Å². The molecule has 11 aliphatic carbocycles. The Labute approximate surface area is 880 Å². The Balaban J connectivity index is 0.000000236. The van der Waals surface area contributed by atoms with Gasteiger partial charge < -0.3 is 29.8 Å². The Morgan fingerprint density at radius 2 is 0.804 bits per heavy atom. The van der Waals surface area contributed by atoms with Gasteiger partial charge in [0.25, 0.3) is 0 Å². The van der Waals surface area contributed by atoms with Gasteiger partial charge in [-0.05, 0) is 402 Å². The minimum atomic E-state index is -1.66. The number of hydrogen-bond donors (Lipinski definition) is 4. The number of nitrogens with zero attached hydrogens (tertiary/aromatic N) is 1. The number of nitrogen functional groups attached to an aromatic ring is 1. The van der Waals surface area contributed by atoms with E-state index in [1.165, 1.54) is 60.7 Å². The standard InChI is InChI=1S/2C14H14FIO2.C14H12FIO2.C10H6FIO.C9H6FIO.C9H6FNO3.C9H8FNO.C9H7FO.C6H12O2Si.C2H5BF.C2H6O.CH4.2ClH.F2.Sn/c3*15-11-5-8-7-14(3-1-9(17)2-4-14)13(18)10(8)6-12(11)16;1-5-2-6-3-8(11)9(12)4-7(6)10(5)13;10-7-3-5-1-2-9(12)6(5)4-8(7)11;10-7-3-5-1-2-9(12)6(5)4-8(7)11(13)14;10-7-3-5-1-2-9(12)6(5)4-8(7)11;10-7-2-3-8-6(5-7)1-4-9(8)11;1-5-6(7)8-9(2,3)4;1-2-3-4;1-2-3;;;;1-2;/h2*5-6,9,17H,1-4,7H2;5-6H,1-4,7H2;3-4H,1-2H2;3-4H,1-2H2;3-4H,1-2H2;3-4H,1-2,11H2;2-3,5H,1,4H2;5H,1H2,2-4H3;2H2,1H3;3H,2H2,1H3;1H4;2*1H;;/q;;;;;;;;;;;;;;;+2/p-2. The second-order valence-corrected chi connectivity index (χ2v) is 49.0. The fraction of sp³-hybridized carbons (Fsp3) is 0.374. The normalized spacial score (nSPS) is 18.7. The van der Waals surface area contributed by atoms with Gasteiger partial charge in [0, 0.05) is 151 Å². The van der Waals surface area contributed by atoms with E-state index in [2.05, 4.69) is 13.2 Å². The average Bonchev–Trinajstić information content (AvgIpc) is 1.60. The van der Waals surface area contributed by atoms with E-state index in [4.69, 9.17) is 42.3 Å². The van der Waals surface area contributed by atoms with Gasteiger partial charge in [0.1, 0.15) is 46.5 Å². The number of hydrogen-bond acceptors (Lipinski definition) is 17. The molecule has 18 nitrogen and oxygen atoms in total. The summed E-state index contributed by atoms with van der Waals surface area (Å²) >= 11 is 8.71. The van der Waals surface area contributed by atoms with Gasteiger partial charge in [-0.2, -0.15) is 4.39 Å². The number of benzene rings is 8. The quantitative estimate of drug-likeness (QED) is 0.0242. The average molecular weight is 2650 g/mol. The SMILES string of the molecule is C.C=C1Cc2cc(F)c(I)cc2C1=O.C=CC(=O)O[Si](C)(C)C.CCO.CC[B]F.FF.Nc1cc2c(cc1F)CCC2=O.O=C1CCC2(CC1)Cc1cc(F)c(I)cc1C2=O.O=C1CCc2cc(F)c(I)cc21.O=C1CCc2cc(F)c([N+](=O)[O-])cc21.O=C1CCc2cc(F)ccc21.O=C1c2cc(I)c(F)cc2CC12CCC(O)CC2.O=C1c2cc(I)c(F)cc2CC12CCC(O)CC2.[Cl][Sn][Cl]. The van der Waals surface area contributed by atoms with Crippen LogP contribution in [0.1, 0.15) is 251 Å². The molecular formula is C99H100BCl2F11I5N2O16SiSn. The number of anilines is 1. The molecule has 0 aliphatic heterocycles. The maximum atomic E-state index is 13.6. The zero-order chi connectivity index (χ0) is 102. The number of aliphatic hydroxyl groups excluding tert-OH is 3. The van der Waals surface area contributed by atoms with Gasteiger partial charge in [-0.3, -0.25) is 53.3 Å². The van der Waals surface area contributed by atoms with Crippen LogP contribution in [0.25, 0.3) is 0 Å². The molecule has 0 bridgehead atoms. The van der Waals surface area contributed by atoms with Crippen LogP contribution >= 0.6 is 131 Å². The van der Waals surface area contributed by atoms with Crippen molar-refractivity contribution in [2.45, 2.75) is 214 Å². The fourth-order valence-corrected chi connectivity index (χ4v) is 20.3. The van der Waals surface area contributed by atoms with Crippen molar-refractivity contribution in [3.63, 3.8) is 0 Å². The number of Topliss-reactive ketones (excluding diaryl/α,β-unsaturated/α-hetero) is 9. The van der Waals surface area contributed by atoms with Gasteiger partial charge in [-0.15, -0.1) is 0 Å². The molecule has 11 aliphatic rings. The van der Waals surface area contributed by atoms with E-state index >= 15 is 0 Å². The van der Waals surface area contributed by atoms with Crippen molar-refractivity contribution in [3.05, 3.63) is 291 Å². The summed E-state index contributed by atoms with van der Waals surface area (Å²) < 4.78 is 139. The Kier molecular flexibility index (Phi) is 47.7. The van der Waals surface area contributed by atoms with Crippen molar-refractivity contribution in [2.75, 3.05) is 12.3 Å². The van der Waals surface area contributed by atoms with E-state index in [9.17, 15) is 108 Å². The zero-order valence-electron chi connectivity index (χ0n) is 74.9. The van der Waals surface area contributed by atoms with Crippen molar-refractivity contribution < 1.29 is 121 Å². The van der Waals surface area contributed by atoms with E-state index in [1.54, 1.807) is 50.2 Å². The number of fused-ring (bicyclic) bond motifs is 8. The van der Waals surface area contributed by atoms with Crippen LogP contribution in [0, 0.1) is 90.7 Å². The minimum absolute atomic E-state index is 0. The number of ketones is 9. The van der Waals surface area contributed by atoms with E-state index in [-0.39, 0.29) is 141 Å². The maximum absolute atomic E-state index is 13.6. The first-order valence-corrected chi connectivity index (χ1v) is 59.2. The number of carbonyl (C=O) groups excluding carboxylic acids is 10. The second-order valence-electron chi connectivity index (χ2n) is 34.5. The first-order valence-electron chi connectivity index (χ1n) is 43.2. The molecule has 0 amide bonds. The molecular weight excluding hydrogens is 2550 g/mol. The van der Waals surface area contributed by atoms with Gasteiger partial charge in [-0.25, -0.2) is 35.5 Å². The van der Waals surface area contributed by atoms with Crippen LogP contribution in [-0.4, -0.2) is 132 Å². The molecule has 39 heteroatoms. The predicted molar refractivity (Wildman–Crippen MR) is 554 cm³/mol. The van der Waals surface area contributed by atoms with Crippen molar-refractivity contribution >= 4 is 235 Å². The van der Waals surface area contributed by atoms with Crippen LogP contribution in [0.15, 0.2) is 128 Å². The molecule has 0 aromatic heterocycles. The molecule has 3 spiro atoms. The number of rotatable bonds is 4. The molecule has 19 rings (SSSR count). The third-order valence-electron chi connectivity index (χ3n) is 24.1. The molecule has 3 fully saturated rings. The molecule has 3 radical (unpaired) electrons. The molecule has 5 N–H and O–H groups in total. The molecule has 0 unspecified atom stereocenters. The third kappa shape index (κ3) is 31.7. The first kappa shape index (κ1) is 120. The Morgan fingerprint density at radius 3 is 1.15 bits per heavy atom. The van der Waals surface area contributed by atoms with Crippen molar-refractivity contribution in [2.24, 2.45) is 16.2 Å². The van der Waals surface area contributed by atoms with E-state index in [1.807, 2.05) is 133 Å². The van der Waals surface area contributed by atoms with Crippen LogP contribution in [0.3, 0.4) is 0 Å². The molecule has 0 heterocycles. The molecule has 138 heavy (non-hydrogen) atoms. The topological polar surface area (TPSA) is 310 Å². The number of nitro groups is 1. The molecule has 0 atom stereocenters. The number of nitrogens with two attached hydrogens (primary N) is 1. The Bertz CT molecular complexity index is 5760. The van der Waals surface area contributed by atoms with Gasteiger partial charge in [0.2, 0.25) is 14.1 Å². The fourth-order valence-electron chi connectivity index (χ4n) is 17.3. The number of aryl methyl sites for hydroxylation is 4. The summed E-state index contributed by atoms with van der Waals surface area (Å²) in [6, 6.07) is 24.9. The van der Waals surface area contributed by atoms with Crippen LogP contribution in [0.4, 0.5) is 60.0 Å². The molecule has 0 saturated heterocycles. The summed E-state index contributed by atoms with van der Waals surface area (Å²) in [5.41, 5.74) is 15.4. The summed E-state index contributed by atoms with van der Waals surface area (Å²) in [7, 11) is 8.83. The van der Waals surface area contributed by atoms with Crippen LogP contribution in [0.5, 0.6) is 0 Å². The summed E-state index contributed by atoms with van der Waals surface area (Å²) in [5, 5.41) is 37.1. The van der Waals surface area contributed by atoms with E-state index in [0.717, 1.165) is 76.8 Å². The predicted octanol–water partition coefficient (Wildman–Crippen LogP) is 25.2. The number of aliphatic hydroxyl groups is 3. The van der Waals surface area contributed by atoms with Gasteiger partial charge in [0.05, 0.1) is 22.8 Å². The number of carbonyl (C=O) groups is 10. The zero-order valence-corrected chi connectivity index (χ0v) is 91.1. The molecule has 3 saturated carbocycles. The van der Waals surface area contributed by atoms with Gasteiger partial charge in [-0.1, -0.05) is 27.5 Å². The van der Waals surface area contributed by atoms with Crippen molar-refractivity contribution in [3.8, 4) is 0 Å². The monoisotopic (exact) mass is 2650 g/mol. The summed E-state index contributed by atoms with van der Waals surface area (Å²) in [4.78, 5) is 125. The molecule has 8 aromatic rings. The summed E-state index contributed by atoms with van der Waals surface area (Å²) in [6.07, 6.45) is 15.8. The molecule has 8 aromatic carbocycles. The Hall–Kier alpha value is -6.64. The van der Waals surface area contributed by atoms with E-state index in [0.29, 0.717) is 210 Å². The van der Waals surface area contributed by atoms with Crippen molar-refractivity contribution in [1.82, 2.24) is 0 Å². The number of allylic oxidation sites excluding steroid dienone is 1. The van der Waals surface area contributed by atoms with Gasteiger partial charge in [0.15, 0.2) is 46.3 Å². The molecule has 739 valence electrons. The van der Waals surface area contributed by atoms with Crippen LogP contribution in [0.2, 0.25) is 26.0 Å². The number of halogens is 18. The Morgan fingerprint density at radius 1 is 0.500 bits per heavy atom. The third-order valence-corrected chi connectivity index (χ3v) is 29.1. The van der Waals surface area contributed by atoms with Crippen LogP contribution in [-0.2, 0) is 65.4 Å². The van der Waals surface area contributed by atoms with Crippen molar-refractivity contribution in [1.29, 1.82) is 0 Å². The number of nitro benzene ring substituents is 1. The first-order chi connectivity index (χ1) is 64.6. The van der Waals surface area contributed by atoms with Crippen LogP contribution < -0.4 is 5.73 Å². The van der Waals surface area contributed by atoms with Gasteiger partial charge >= 0.3 is 55.9 Å². The summed E-state index contributed by atoms with van der Waals surface area (Å²) in [6.45, 7) is 16.5. The summed E-state index contributed by atoms with van der Waals surface area (Å²) in [5.74, 6) is -2.27.